The van der Waals surface area contributed by atoms with E-state index in [9.17, 15) is 9.59 Å². The average molecular weight is 247 g/mol. The Bertz CT molecular complexity index is 270. The minimum atomic E-state index is -0.347. The topological polar surface area (TPSA) is 43.4 Å². The molecule has 0 spiro atoms. The molecule has 2 atom stereocenters. The first-order chi connectivity index (χ1) is 6.00. The van der Waals surface area contributed by atoms with Crippen LogP contribution in [0.25, 0.3) is 0 Å². The van der Waals surface area contributed by atoms with Crippen molar-refractivity contribution in [3.63, 3.8) is 0 Å². The number of ether oxygens (including phenoxy) is 1. The summed E-state index contributed by atoms with van der Waals surface area (Å²) in [5, 5.41) is 0. The van der Waals surface area contributed by atoms with Gasteiger partial charge in [-0.3, -0.25) is 0 Å². The molecule has 0 aromatic heterocycles. The molecule has 0 saturated heterocycles. The zero-order chi connectivity index (χ0) is 10.0. The summed E-state index contributed by atoms with van der Waals surface area (Å²) < 4.78 is 5.46. The van der Waals surface area contributed by atoms with Crippen molar-refractivity contribution in [3.8, 4) is 0 Å². The molecule has 0 radical (unpaired) electrons. The molecule has 0 fully saturated rings. The Morgan fingerprint density at radius 2 is 2.38 bits per heavy atom. The first-order valence-electron chi connectivity index (χ1n) is 4.08. The predicted molar refractivity (Wildman–Crippen MR) is 51.4 cm³/mol. The summed E-state index contributed by atoms with van der Waals surface area (Å²) in [7, 11) is 0. The van der Waals surface area contributed by atoms with Gasteiger partial charge < -0.3 is 9.53 Å². The highest BCUT2D eigenvalue weighted by molar-refractivity contribution is 9.12. The molecular formula is C9H11BrO3. The van der Waals surface area contributed by atoms with Crippen LogP contribution in [0.3, 0.4) is 0 Å². The molecule has 0 N–H and O–H groups in total. The first kappa shape index (κ1) is 10.4. The van der Waals surface area contributed by atoms with Gasteiger partial charge >= 0.3 is 5.97 Å². The van der Waals surface area contributed by atoms with Crippen molar-refractivity contribution in [1.82, 2.24) is 0 Å². The SMILES string of the molecule is CC(=O)C[C@@H](C)[C@@H]1C=C(Br)C(=O)O1. The van der Waals surface area contributed by atoms with Crippen molar-refractivity contribution in [3.05, 3.63) is 10.6 Å². The van der Waals surface area contributed by atoms with Gasteiger partial charge in [0.25, 0.3) is 0 Å². The fourth-order valence-electron chi connectivity index (χ4n) is 1.28. The van der Waals surface area contributed by atoms with Gasteiger partial charge in [-0.15, -0.1) is 0 Å². The van der Waals surface area contributed by atoms with Crippen molar-refractivity contribution < 1.29 is 14.3 Å². The maximum absolute atomic E-state index is 11.0. The summed E-state index contributed by atoms with van der Waals surface area (Å²) in [6.45, 7) is 3.42. The Kier molecular flexibility index (Phi) is 3.25. The van der Waals surface area contributed by atoms with Gasteiger partial charge in [0.05, 0.1) is 0 Å². The van der Waals surface area contributed by atoms with Crippen molar-refractivity contribution >= 4 is 27.7 Å². The second kappa shape index (κ2) is 4.05. The molecule has 1 heterocycles. The highest BCUT2D eigenvalue weighted by Gasteiger charge is 2.28. The summed E-state index contributed by atoms with van der Waals surface area (Å²) in [5.41, 5.74) is 0. The van der Waals surface area contributed by atoms with E-state index in [0.717, 1.165) is 0 Å². The lowest BCUT2D eigenvalue weighted by atomic mass is 9.99. The standard InChI is InChI=1S/C9H11BrO3/c1-5(3-6(2)11)8-4-7(10)9(12)13-8/h4-5,8H,3H2,1-2H3/t5-,8+/m1/s1. The first-order valence-corrected chi connectivity index (χ1v) is 4.87. The quantitative estimate of drug-likeness (QED) is 0.714. The maximum atomic E-state index is 11.0. The van der Waals surface area contributed by atoms with Crippen LogP contribution in [-0.4, -0.2) is 17.9 Å². The second-order valence-electron chi connectivity index (χ2n) is 3.27. The molecule has 13 heavy (non-hydrogen) atoms. The lowest BCUT2D eigenvalue weighted by Gasteiger charge is -2.14. The molecule has 4 heteroatoms. The predicted octanol–water partition coefficient (Wildman–Crippen LogP) is 1.81. The number of esters is 1. The molecule has 0 aliphatic carbocycles. The van der Waals surface area contributed by atoms with Gasteiger partial charge in [-0.1, -0.05) is 6.92 Å². The third-order valence-corrected chi connectivity index (χ3v) is 2.51. The summed E-state index contributed by atoms with van der Waals surface area (Å²) >= 11 is 3.08. The number of ketones is 1. The van der Waals surface area contributed by atoms with Crippen molar-refractivity contribution in [2.45, 2.75) is 26.4 Å². The van der Waals surface area contributed by atoms with Gasteiger partial charge in [-0.25, -0.2) is 4.79 Å². The Morgan fingerprint density at radius 1 is 1.77 bits per heavy atom. The van der Waals surface area contributed by atoms with Gasteiger partial charge in [0.2, 0.25) is 0 Å². The van der Waals surface area contributed by atoms with Crippen molar-refractivity contribution in [2.75, 3.05) is 0 Å². The fourth-order valence-corrected chi connectivity index (χ4v) is 1.63. The van der Waals surface area contributed by atoms with Gasteiger partial charge in [0, 0.05) is 12.3 Å². The van der Waals surface area contributed by atoms with Crippen LogP contribution < -0.4 is 0 Å². The molecule has 1 rings (SSSR count). The highest BCUT2D eigenvalue weighted by Crippen LogP contribution is 2.25. The van der Waals surface area contributed by atoms with Gasteiger partial charge in [-0.05, 0) is 28.9 Å². The van der Waals surface area contributed by atoms with Crippen molar-refractivity contribution in [2.24, 2.45) is 5.92 Å². The summed E-state index contributed by atoms with van der Waals surface area (Å²) in [5.74, 6) is -0.183. The smallest absolute Gasteiger partial charge is 0.345 e. The lowest BCUT2D eigenvalue weighted by molar-refractivity contribution is -0.141. The Balaban J connectivity index is 2.56. The number of Topliss-reactive ketones (excluding diaryl/α,β-unsaturated/α-hetero) is 1. The summed E-state index contributed by atoms with van der Waals surface area (Å²) in [6.07, 6.45) is 1.88. The summed E-state index contributed by atoms with van der Waals surface area (Å²) in [4.78, 5) is 21.8. The van der Waals surface area contributed by atoms with Crippen molar-refractivity contribution in [1.29, 1.82) is 0 Å². The van der Waals surface area contributed by atoms with Crippen LogP contribution in [0, 0.1) is 5.92 Å². The van der Waals surface area contributed by atoms with Crippen LogP contribution >= 0.6 is 15.9 Å². The van der Waals surface area contributed by atoms with Crippen LogP contribution in [0.5, 0.6) is 0 Å². The number of rotatable bonds is 3. The van der Waals surface area contributed by atoms with Gasteiger partial charge in [0.1, 0.15) is 16.4 Å². The van der Waals surface area contributed by atoms with Crippen LogP contribution in [0.2, 0.25) is 0 Å². The lowest BCUT2D eigenvalue weighted by Crippen LogP contribution is -2.19. The number of hydrogen-bond donors (Lipinski definition) is 0. The second-order valence-corrected chi connectivity index (χ2v) is 4.12. The summed E-state index contributed by atoms with van der Waals surface area (Å²) in [6, 6.07) is 0. The molecule has 0 saturated carbocycles. The van der Waals surface area contributed by atoms with Crippen LogP contribution in [-0.2, 0) is 14.3 Å². The number of halogens is 1. The van der Waals surface area contributed by atoms with E-state index in [4.69, 9.17) is 4.74 Å². The number of carbonyl (C=O) groups is 2. The fraction of sp³-hybridized carbons (Fsp3) is 0.556. The van der Waals surface area contributed by atoms with Crippen LogP contribution in [0.1, 0.15) is 20.3 Å². The van der Waals surface area contributed by atoms with Gasteiger partial charge in [-0.2, -0.15) is 0 Å². The Hall–Kier alpha value is -0.640. The van der Waals surface area contributed by atoms with E-state index < -0.39 is 0 Å². The van der Waals surface area contributed by atoms with E-state index in [1.54, 1.807) is 6.08 Å². The number of carbonyl (C=O) groups excluding carboxylic acids is 2. The molecule has 0 unspecified atom stereocenters. The Labute approximate surface area is 85.3 Å². The zero-order valence-electron chi connectivity index (χ0n) is 7.54. The van der Waals surface area contributed by atoms with Gasteiger partial charge in [0.15, 0.2) is 0 Å². The molecule has 0 aromatic carbocycles. The molecule has 1 aliphatic heterocycles. The number of hydrogen-bond acceptors (Lipinski definition) is 3. The molecule has 72 valence electrons. The normalized spacial score (nSPS) is 23.8. The minimum absolute atomic E-state index is 0.0523. The van der Waals surface area contributed by atoms with E-state index in [2.05, 4.69) is 15.9 Å². The van der Waals surface area contributed by atoms with E-state index >= 15 is 0 Å². The molecule has 0 aromatic rings. The minimum Gasteiger partial charge on any atom is -0.454 e. The largest absolute Gasteiger partial charge is 0.454 e. The van der Waals surface area contributed by atoms with Crippen LogP contribution in [0.15, 0.2) is 10.6 Å². The zero-order valence-corrected chi connectivity index (χ0v) is 9.13. The molecule has 3 nitrogen and oxygen atoms in total. The average Bonchev–Trinajstić information content (AvgIpc) is 2.31. The number of cyclic esters (lactones) is 1. The monoisotopic (exact) mass is 246 g/mol. The third-order valence-electron chi connectivity index (χ3n) is 1.92. The molecule has 0 amide bonds. The molecule has 1 aliphatic rings. The van der Waals surface area contributed by atoms with E-state index in [1.165, 1.54) is 6.92 Å². The Morgan fingerprint density at radius 3 is 2.77 bits per heavy atom. The molecule has 0 bridgehead atoms. The highest BCUT2D eigenvalue weighted by atomic mass is 79.9. The van der Waals surface area contributed by atoms with E-state index in [0.29, 0.717) is 10.9 Å². The van der Waals surface area contributed by atoms with E-state index in [-0.39, 0.29) is 23.8 Å². The van der Waals surface area contributed by atoms with E-state index in [1.807, 2.05) is 6.92 Å². The third kappa shape index (κ3) is 2.66. The maximum Gasteiger partial charge on any atom is 0.345 e. The van der Waals surface area contributed by atoms with Crippen LogP contribution in [0.4, 0.5) is 0 Å². The molecular weight excluding hydrogens is 236 g/mol.